The summed E-state index contributed by atoms with van der Waals surface area (Å²) in [4.78, 5) is 23.2. The summed E-state index contributed by atoms with van der Waals surface area (Å²) >= 11 is 3.27. The molecule has 0 radical (unpaired) electrons. The number of pyridine rings is 1. The van der Waals surface area contributed by atoms with Gasteiger partial charge >= 0.3 is 5.97 Å². The van der Waals surface area contributed by atoms with E-state index in [1.165, 1.54) is 13.2 Å². The summed E-state index contributed by atoms with van der Waals surface area (Å²) in [6.45, 7) is 0. The Morgan fingerprint density at radius 3 is 2.80 bits per heavy atom. The van der Waals surface area contributed by atoms with Gasteiger partial charge in [-0.2, -0.15) is 0 Å². The first-order valence-electron chi connectivity index (χ1n) is 4.63. The van der Waals surface area contributed by atoms with E-state index in [0.29, 0.717) is 0 Å². The van der Waals surface area contributed by atoms with Crippen LogP contribution >= 0.6 is 15.9 Å². The third-order valence-corrected chi connectivity index (χ3v) is 2.79. The predicted octanol–water partition coefficient (Wildman–Crippen LogP) is 1.73. The van der Waals surface area contributed by atoms with E-state index in [4.69, 9.17) is 0 Å². The lowest BCUT2D eigenvalue weighted by molar-refractivity contribution is 0.0598. The van der Waals surface area contributed by atoms with Crippen molar-refractivity contribution in [1.82, 2.24) is 4.57 Å². The van der Waals surface area contributed by atoms with E-state index in [-0.39, 0.29) is 17.2 Å². The molecule has 1 aliphatic carbocycles. The van der Waals surface area contributed by atoms with Gasteiger partial charge in [0.1, 0.15) is 5.56 Å². The topological polar surface area (TPSA) is 48.3 Å². The maximum absolute atomic E-state index is 11.8. The van der Waals surface area contributed by atoms with Crippen molar-refractivity contribution in [2.45, 2.75) is 18.9 Å². The van der Waals surface area contributed by atoms with Crippen molar-refractivity contribution in [3.8, 4) is 0 Å². The Balaban J connectivity index is 2.54. The quantitative estimate of drug-likeness (QED) is 0.770. The van der Waals surface area contributed by atoms with Crippen LogP contribution in [0.2, 0.25) is 0 Å². The van der Waals surface area contributed by atoms with Gasteiger partial charge in [0.05, 0.1) is 7.11 Å². The van der Waals surface area contributed by atoms with Crippen molar-refractivity contribution in [2.75, 3.05) is 7.11 Å². The molecule has 0 aliphatic heterocycles. The van der Waals surface area contributed by atoms with Crippen molar-refractivity contribution in [1.29, 1.82) is 0 Å². The molecule has 1 aromatic heterocycles. The SMILES string of the molecule is COC(=O)c1cc(Br)cn(C2CC2)c1=O. The van der Waals surface area contributed by atoms with Crippen LogP contribution in [-0.4, -0.2) is 17.6 Å². The molecule has 0 spiro atoms. The number of aromatic nitrogens is 1. The van der Waals surface area contributed by atoms with Crippen LogP contribution in [0.4, 0.5) is 0 Å². The van der Waals surface area contributed by atoms with Gasteiger partial charge in [0, 0.05) is 16.7 Å². The average Bonchev–Trinajstić information content (AvgIpc) is 3.03. The Bertz CT molecular complexity index is 462. The summed E-state index contributed by atoms with van der Waals surface area (Å²) in [5.74, 6) is -0.587. The second kappa shape index (κ2) is 3.81. The van der Waals surface area contributed by atoms with E-state index in [2.05, 4.69) is 20.7 Å². The molecule has 0 saturated heterocycles. The molecule has 1 heterocycles. The molecule has 4 nitrogen and oxygen atoms in total. The second-order valence-electron chi connectivity index (χ2n) is 3.51. The molecule has 0 N–H and O–H groups in total. The number of rotatable bonds is 2. The van der Waals surface area contributed by atoms with Gasteiger partial charge in [-0.1, -0.05) is 0 Å². The van der Waals surface area contributed by atoms with Gasteiger partial charge in [0.2, 0.25) is 0 Å². The highest BCUT2D eigenvalue weighted by molar-refractivity contribution is 9.10. The lowest BCUT2D eigenvalue weighted by Gasteiger charge is -2.06. The fourth-order valence-electron chi connectivity index (χ4n) is 1.45. The Morgan fingerprint density at radius 2 is 2.27 bits per heavy atom. The van der Waals surface area contributed by atoms with E-state index in [9.17, 15) is 9.59 Å². The van der Waals surface area contributed by atoms with E-state index in [0.717, 1.165) is 17.3 Å². The van der Waals surface area contributed by atoms with E-state index in [1.807, 2.05) is 0 Å². The minimum Gasteiger partial charge on any atom is -0.465 e. The number of carbonyl (C=O) groups excluding carboxylic acids is 1. The summed E-state index contributed by atoms with van der Waals surface area (Å²) in [5, 5.41) is 0. The van der Waals surface area contributed by atoms with Crippen molar-refractivity contribution in [2.24, 2.45) is 0 Å². The molecule has 1 fully saturated rings. The van der Waals surface area contributed by atoms with Crippen molar-refractivity contribution >= 4 is 21.9 Å². The minimum absolute atomic E-state index is 0.0822. The molecule has 0 atom stereocenters. The third-order valence-electron chi connectivity index (χ3n) is 2.36. The Morgan fingerprint density at radius 1 is 1.60 bits per heavy atom. The van der Waals surface area contributed by atoms with Crippen molar-refractivity contribution in [3.05, 3.63) is 32.7 Å². The van der Waals surface area contributed by atoms with Gasteiger partial charge in [-0.3, -0.25) is 4.79 Å². The van der Waals surface area contributed by atoms with Gasteiger partial charge in [-0.25, -0.2) is 4.79 Å². The van der Waals surface area contributed by atoms with E-state index in [1.54, 1.807) is 10.8 Å². The first-order valence-corrected chi connectivity index (χ1v) is 5.43. The monoisotopic (exact) mass is 271 g/mol. The van der Waals surface area contributed by atoms with Crippen LogP contribution in [0.3, 0.4) is 0 Å². The van der Waals surface area contributed by atoms with Gasteiger partial charge in [0.25, 0.3) is 5.56 Å². The molecule has 0 bridgehead atoms. The number of hydrogen-bond donors (Lipinski definition) is 0. The number of halogens is 1. The molecule has 1 aromatic rings. The number of hydrogen-bond acceptors (Lipinski definition) is 3. The van der Waals surface area contributed by atoms with Crippen LogP contribution in [0, 0.1) is 0 Å². The molecular formula is C10H10BrNO3. The van der Waals surface area contributed by atoms with Crippen LogP contribution in [0.5, 0.6) is 0 Å². The number of ether oxygens (including phenoxy) is 1. The predicted molar refractivity (Wildman–Crippen MR) is 58.0 cm³/mol. The smallest absolute Gasteiger partial charge is 0.343 e. The van der Waals surface area contributed by atoms with Crippen molar-refractivity contribution < 1.29 is 9.53 Å². The number of carbonyl (C=O) groups is 1. The van der Waals surface area contributed by atoms with Crippen LogP contribution in [0.15, 0.2) is 21.5 Å². The summed E-state index contributed by atoms with van der Waals surface area (Å²) in [7, 11) is 1.27. The second-order valence-corrected chi connectivity index (χ2v) is 4.42. The minimum atomic E-state index is -0.587. The first-order chi connectivity index (χ1) is 7.13. The molecule has 80 valence electrons. The summed E-state index contributed by atoms with van der Waals surface area (Å²) in [6, 6.07) is 1.74. The number of nitrogens with zero attached hydrogens (tertiary/aromatic N) is 1. The highest BCUT2D eigenvalue weighted by Crippen LogP contribution is 2.34. The molecule has 0 unspecified atom stereocenters. The largest absolute Gasteiger partial charge is 0.465 e. The zero-order valence-electron chi connectivity index (χ0n) is 8.20. The van der Waals surface area contributed by atoms with Crippen LogP contribution in [0.25, 0.3) is 0 Å². The molecule has 2 rings (SSSR count). The highest BCUT2D eigenvalue weighted by Gasteiger charge is 2.26. The van der Waals surface area contributed by atoms with Crippen LogP contribution < -0.4 is 5.56 Å². The summed E-state index contributed by atoms with van der Waals surface area (Å²) < 4.78 is 6.86. The molecule has 5 heteroatoms. The maximum atomic E-state index is 11.8. The van der Waals surface area contributed by atoms with Crippen LogP contribution in [-0.2, 0) is 4.74 Å². The fourth-order valence-corrected chi connectivity index (χ4v) is 1.90. The zero-order valence-corrected chi connectivity index (χ0v) is 9.78. The molecule has 1 aliphatic rings. The lowest BCUT2D eigenvalue weighted by Crippen LogP contribution is -2.26. The maximum Gasteiger partial charge on any atom is 0.343 e. The molecule has 0 aromatic carbocycles. The Kier molecular flexibility index (Phi) is 2.65. The Labute approximate surface area is 95.0 Å². The number of esters is 1. The normalized spacial score (nSPS) is 15.1. The van der Waals surface area contributed by atoms with Gasteiger partial charge < -0.3 is 9.30 Å². The van der Waals surface area contributed by atoms with Crippen molar-refractivity contribution in [3.63, 3.8) is 0 Å². The zero-order chi connectivity index (χ0) is 11.0. The average molecular weight is 272 g/mol. The highest BCUT2D eigenvalue weighted by atomic mass is 79.9. The van der Waals surface area contributed by atoms with Gasteiger partial charge in [-0.05, 0) is 34.8 Å². The van der Waals surface area contributed by atoms with Gasteiger partial charge in [-0.15, -0.1) is 0 Å². The fraction of sp³-hybridized carbons (Fsp3) is 0.400. The number of methoxy groups -OCH3 is 1. The summed E-state index contributed by atoms with van der Waals surface area (Å²) in [6.07, 6.45) is 3.71. The molecular weight excluding hydrogens is 262 g/mol. The van der Waals surface area contributed by atoms with E-state index >= 15 is 0 Å². The summed E-state index contributed by atoms with van der Waals surface area (Å²) in [5.41, 5.74) is -0.189. The standard InChI is InChI=1S/C10H10BrNO3/c1-15-10(14)8-4-6(11)5-12(9(8)13)7-2-3-7/h4-5,7H,2-3H2,1H3. The Hall–Kier alpha value is -1.10. The third kappa shape index (κ3) is 1.97. The molecule has 0 amide bonds. The van der Waals surface area contributed by atoms with E-state index < -0.39 is 5.97 Å². The molecule has 15 heavy (non-hydrogen) atoms. The van der Waals surface area contributed by atoms with Crippen LogP contribution in [0.1, 0.15) is 29.2 Å². The lowest BCUT2D eigenvalue weighted by atomic mass is 10.3. The molecule has 1 saturated carbocycles. The first kappa shape index (κ1) is 10.4. The van der Waals surface area contributed by atoms with Gasteiger partial charge in [0.15, 0.2) is 0 Å².